The number of nitrogens with zero attached hydrogens (tertiary/aromatic N) is 1. The van der Waals surface area contributed by atoms with Crippen molar-refractivity contribution in [2.24, 2.45) is 11.8 Å². The number of amides is 1. The Morgan fingerprint density at radius 3 is 3.00 bits per heavy atom. The Morgan fingerprint density at radius 2 is 2.22 bits per heavy atom. The lowest BCUT2D eigenvalue weighted by Crippen LogP contribution is -2.46. The molecular formula is C19H22N2O2. The number of hydrogen-bond donors (Lipinski definition) is 1. The van der Waals surface area contributed by atoms with E-state index in [1.54, 1.807) is 0 Å². The van der Waals surface area contributed by atoms with Gasteiger partial charge in [0.05, 0.1) is 6.04 Å². The van der Waals surface area contributed by atoms with Crippen LogP contribution in [0.3, 0.4) is 0 Å². The van der Waals surface area contributed by atoms with Crippen molar-refractivity contribution in [1.82, 2.24) is 9.88 Å². The van der Waals surface area contributed by atoms with Crippen LogP contribution < -0.4 is 0 Å². The molecule has 1 N–H and O–H groups in total. The van der Waals surface area contributed by atoms with Gasteiger partial charge in [0.25, 0.3) is 0 Å². The average molecular weight is 310 g/mol. The second-order valence-corrected chi connectivity index (χ2v) is 6.82. The van der Waals surface area contributed by atoms with Gasteiger partial charge in [-0.2, -0.15) is 0 Å². The molecule has 1 fully saturated rings. The first-order valence-electron chi connectivity index (χ1n) is 8.57. The van der Waals surface area contributed by atoms with Gasteiger partial charge in [-0.3, -0.25) is 4.79 Å². The number of piperidine rings is 1. The Balaban J connectivity index is 1.75. The van der Waals surface area contributed by atoms with Crippen LogP contribution in [0.4, 0.5) is 0 Å². The van der Waals surface area contributed by atoms with Crippen molar-refractivity contribution in [3.63, 3.8) is 0 Å². The number of aromatic amines is 1. The molecule has 2 aliphatic heterocycles. The fraction of sp³-hybridized carbons (Fsp3) is 0.474. The highest BCUT2D eigenvalue weighted by atomic mass is 16.2. The highest BCUT2D eigenvalue weighted by Gasteiger charge is 2.41. The van der Waals surface area contributed by atoms with Crippen LogP contribution in [0.1, 0.15) is 43.5 Å². The molecule has 1 aromatic heterocycles. The second-order valence-electron chi connectivity index (χ2n) is 6.82. The van der Waals surface area contributed by atoms with Gasteiger partial charge in [-0.1, -0.05) is 25.1 Å². The minimum atomic E-state index is -0.00384. The van der Waals surface area contributed by atoms with Crippen LogP contribution in [0.5, 0.6) is 0 Å². The van der Waals surface area contributed by atoms with Crippen LogP contribution >= 0.6 is 0 Å². The fourth-order valence-electron chi connectivity index (χ4n) is 4.44. The predicted octanol–water partition coefficient (Wildman–Crippen LogP) is 3.23. The van der Waals surface area contributed by atoms with E-state index in [0.717, 1.165) is 37.6 Å². The molecule has 1 aromatic carbocycles. The third kappa shape index (κ3) is 2.19. The van der Waals surface area contributed by atoms with E-state index in [-0.39, 0.29) is 23.8 Å². The molecular weight excluding hydrogens is 288 g/mol. The zero-order chi connectivity index (χ0) is 16.0. The molecule has 0 bridgehead atoms. The number of H-pyrrole nitrogens is 1. The van der Waals surface area contributed by atoms with Crippen LogP contribution in [0, 0.1) is 11.8 Å². The number of carbonyl (C=O) groups is 2. The third-order valence-corrected chi connectivity index (χ3v) is 5.69. The molecule has 3 heterocycles. The molecule has 23 heavy (non-hydrogen) atoms. The highest BCUT2D eigenvalue weighted by molar-refractivity contribution is 5.86. The van der Waals surface area contributed by atoms with Crippen molar-refractivity contribution >= 4 is 23.1 Å². The monoisotopic (exact) mass is 310 g/mol. The van der Waals surface area contributed by atoms with Crippen molar-refractivity contribution in [2.45, 2.75) is 38.6 Å². The molecule has 0 saturated carbocycles. The Bertz CT molecular complexity index is 764. The Labute approximate surface area is 135 Å². The first-order chi connectivity index (χ1) is 11.2. The molecule has 4 heteroatoms. The number of para-hydroxylation sites is 1. The van der Waals surface area contributed by atoms with Gasteiger partial charge in [0, 0.05) is 35.5 Å². The summed E-state index contributed by atoms with van der Waals surface area (Å²) in [6.45, 7) is 2.83. The number of aromatic nitrogens is 1. The summed E-state index contributed by atoms with van der Waals surface area (Å²) in [5.41, 5.74) is 3.70. The van der Waals surface area contributed by atoms with Crippen molar-refractivity contribution in [3.8, 4) is 0 Å². The minimum absolute atomic E-state index is 0.00384. The van der Waals surface area contributed by atoms with Gasteiger partial charge < -0.3 is 14.7 Å². The van der Waals surface area contributed by atoms with Gasteiger partial charge in [-0.25, -0.2) is 0 Å². The summed E-state index contributed by atoms with van der Waals surface area (Å²) in [4.78, 5) is 29.5. The van der Waals surface area contributed by atoms with E-state index >= 15 is 0 Å². The van der Waals surface area contributed by atoms with Crippen LogP contribution in [0.25, 0.3) is 10.9 Å². The molecule has 0 aliphatic carbocycles. The first kappa shape index (κ1) is 14.5. The number of nitrogens with one attached hydrogen (secondary N) is 1. The molecule has 1 amide bonds. The van der Waals surface area contributed by atoms with E-state index in [0.29, 0.717) is 6.42 Å². The molecule has 120 valence electrons. The van der Waals surface area contributed by atoms with Crippen LogP contribution in [-0.4, -0.2) is 28.6 Å². The van der Waals surface area contributed by atoms with Crippen LogP contribution in [-0.2, 0) is 16.0 Å². The van der Waals surface area contributed by atoms with E-state index in [4.69, 9.17) is 0 Å². The third-order valence-electron chi connectivity index (χ3n) is 5.69. The molecule has 4 rings (SSSR count). The second kappa shape index (κ2) is 5.52. The van der Waals surface area contributed by atoms with E-state index in [1.807, 2.05) is 17.9 Å². The molecule has 0 spiro atoms. The molecule has 1 saturated heterocycles. The summed E-state index contributed by atoms with van der Waals surface area (Å²) in [7, 11) is 0. The normalized spacial score (nSPS) is 25.1. The molecule has 2 aliphatic rings. The largest absolute Gasteiger partial charge is 0.356 e. The summed E-state index contributed by atoms with van der Waals surface area (Å²) in [6, 6.07) is 8.46. The maximum Gasteiger partial charge on any atom is 0.223 e. The number of aldehydes is 1. The summed E-state index contributed by atoms with van der Waals surface area (Å²) in [5, 5.41) is 1.28. The first-order valence-corrected chi connectivity index (χ1v) is 8.57. The zero-order valence-corrected chi connectivity index (χ0v) is 13.4. The Hall–Kier alpha value is -2.10. The molecule has 4 nitrogen and oxygen atoms in total. The van der Waals surface area contributed by atoms with E-state index < -0.39 is 0 Å². The lowest BCUT2D eigenvalue weighted by molar-refractivity contribution is -0.140. The zero-order valence-electron chi connectivity index (χ0n) is 13.4. The molecule has 0 radical (unpaired) electrons. The van der Waals surface area contributed by atoms with Crippen molar-refractivity contribution in [1.29, 1.82) is 0 Å². The summed E-state index contributed by atoms with van der Waals surface area (Å²) in [5.74, 6) is 0.371. The van der Waals surface area contributed by atoms with Crippen molar-refractivity contribution in [2.75, 3.05) is 6.54 Å². The van der Waals surface area contributed by atoms with Gasteiger partial charge >= 0.3 is 0 Å². The van der Waals surface area contributed by atoms with E-state index in [2.05, 4.69) is 23.2 Å². The standard InChI is InChI=1S/C19H22N2O2/c1-2-12(11-22)13-9-17-19-15(7-8-21(17)18(23)10-13)14-5-3-4-6-16(14)20-19/h3-6,11-13,17,20H,2,7-10H2,1H3/t12?,13?,17-/m0/s1. The number of rotatable bonds is 3. The van der Waals surface area contributed by atoms with E-state index in [9.17, 15) is 9.59 Å². The smallest absolute Gasteiger partial charge is 0.223 e. The van der Waals surface area contributed by atoms with Gasteiger partial charge in [0.2, 0.25) is 5.91 Å². The molecule has 2 aromatic rings. The summed E-state index contributed by atoms with van der Waals surface area (Å²) in [6.07, 6.45) is 4.18. The topological polar surface area (TPSA) is 53.2 Å². The SMILES string of the molecule is CCC(C=O)C1CC(=O)N2CCc3c([nH]c4ccccc34)[C@@H]2C1. The number of hydrogen-bond acceptors (Lipinski definition) is 2. The highest BCUT2D eigenvalue weighted by Crippen LogP contribution is 2.43. The molecule has 3 atom stereocenters. The predicted molar refractivity (Wildman–Crippen MR) is 89.0 cm³/mol. The van der Waals surface area contributed by atoms with Crippen molar-refractivity contribution in [3.05, 3.63) is 35.5 Å². The Kier molecular flexibility index (Phi) is 3.47. The lowest BCUT2D eigenvalue weighted by Gasteiger charge is -2.43. The van der Waals surface area contributed by atoms with Gasteiger partial charge in [0.1, 0.15) is 6.29 Å². The summed E-state index contributed by atoms with van der Waals surface area (Å²) < 4.78 is 0. The Morgan fingerprint density at radius 1 is 1.39 bits per heavy atom. The van der Waals surface area contributed by atoms with Gasteiger partial charge in [-0.15, -0.1) is 0 Å². The number of benzene rings is 1. The van der Waals surface area contributed by atoms with Gasteiger partial charge in [0.15, 0.2) is 0 Å². The quantitative estimate of drug-likeness (QED) is 0.885. The minimum Gasteiger partial charge on any atom is -0.356 e. The maximum atomic E-state index is 12.6. The molecule has 2 unspecified atom stereocenters. The van der Waals surface area contributed by atoms with Gasteiger partial charge in [-0.05, 0) is 36.8 Å². The van der Waals surface area contributed by atoms with Crippen LogP contribution in [0.15, 0.2) is 24.3 Å². The summed E-state index contributed by atoms with van der Waals surface area (Å²) >= 11 is 0. The average Bonchev–Trinajstić information content (AvgIpc) is 2.95. The van der Waals surface area contributed by atoms with E-state index in [1.165, 1.54) is 16.6 Å². The maximum absolute atomic E-state index is 12.6. The number of carbonyl (C=O) groups excluding carboxylic acids is 2. The fourth-order valence-corrected chi connectivity index (χ4v) is 4.44. The van der Waals surface area contributed by atoms with Crippen molar-refractivity contribution < 1.29 is 9.59 Å². The van der Waals surface area contributed by atoms with Crippen LogP contribution in [0.2, 0.25) is 0 Å². The number of fused-ring (bicyclic) bond motifs is 5. The lowest BCUT2D eigenvalue weighted by atomic mass is 9.77.